The summed E-state index contributed by atoms with van der Waals surface area (Å²) in [6.45, 7) is 0. The van der Waals surface area contributed by atoms with Crippen LogP contribution in [0.4, 0.5) is 17.6 Å². The molecular formula is C5H6F4O3. The van der Waals surface area contributed by atoms with Crippen LogP contribution in [0.5, 0.6) is 0 Å². The van der Waals surface area contributed by atoms with Gasteiger partial charge in [0, 0.05) is 0 Å². The van der Waals surface area contributed by atoms with E-state index >= 15 is 0 Å². The Morgan fingerprint density at radius 1 is 1.42 bits per heavy atom. The maximum Gasteiger partial charge on any atom is 0.333 e. The molecule has 0 bridgehead atoms. The van der Waals surface area contributed by atoms with Crippen molar-refractivity contribution in [1.82, 2.24) is 0 Å². The fourth-order valence-corrected chi connectivity index (χ4v) is 0.447. The Labute approximate surface area is 64.6 Å². The molecule has 0 spiro atoms. The number of hydrogen-bond donors (Lipinski definition) is 2. The average Bonchev–Trinajstić information content (AvgIpc) is 1.85. The predicted molar refractivity (Wildman–Crippen MR) is 29.2 cm³/mol. The molecule has 0 aromatic rings. The van der Waals surface area contributed by atoms with E-state index < -0.39 is 30.8 Å². The summed E-state index contributed by atoms with van der Waals surface area (Å²) in [7, 11) is 0. The van der Waals surface area contributed by atoms with Crippen molar-refractivity contribution in [2.45, 2.75) is 24.9 Å². The fraction of sp³-hybridized carbons (Fsp3) is 0.800. The molecule has 7 heteroatoms. The second-order valence-corrected chi connectivity index (χ2v) is 2.09. The van der Waals surface area contributed by atoms with Crippen LogP contribution in [0.15, 0.2) is 0 Å². The summed E-state index contributed by atoms with van der Waals surface area (Å²) < 4.78 is 46.9. The van der Waals surface area contributed by atoms with Crippen LogP contribution < -0.4 is 0 Å². The Balaban J connectivity index is 4.24. The molecule has 0 rings (SSSR count). The lowest BCUT2D eigenvalue weighted by Crippen LogP contribution is -2.41. The van der Waals surface area contributed by atoms with Crippen LogP contribution in [0.1, 0.15) is 6.42 Å². The fourth-order valence-electron chi connectivity index (χ4n) is 0.447. The molecule has 2 N–H and O–H groups in total. The first-order valence-corrected chi connectivity index (χ1v) is 2.84. The van der Waals surface area contributed by atoms with E-state index in [2.05, 4.69) is 0 Å². The molecule has 0 aliphatic rings. The van der Waals surface area contributed by atoms with E-state index in [1.165, 1.54) is 0 Å². The summed E-state index contributed by atoms with van der Waals surface area (Å²) in [6.07, 6.45) is -8.32. The Morgan fingerprint density at radius 3 is 2.08 bits per heavy atom. The number of aliphatic carboxylic acids is 1. The molecule has 0 aliphatic carbocycles. The third kappa shape index (κ3) is 2.65. The minimum absolute atomic E-state index is 1.41. The van der Waals surface area contributed by atoms with Gasteiger partial charge in [-0.25, -0.2) is 8.78 Å². The van der Waals surface area contributed by atoms with Gasteiger partial charge in [-0.15, -0.1) is 0 Å². The summed E-state index contributed by atoms with van der Waals surface area (Å²) in [5.74, 6) is -6.43. The minimum atomic E-state index is -4.67. The average molecular weight is 190 g/mol. The number of carboxylic acids is 1. The first-order chi connectivity index (χ1) is 5.28. The van der Waals surface area contributed by atoms with Crippen LogP contribution in [0, 0.1) is 0 Å². The highest BCUT2D eigenvalue weighted by molar-refractivity contribution is 5.67. The zero-order chi connectivity index (χ0) is 9.94. The van der Waals surface area contributed by atoms with E-state index in [0.717, 1.165) is 0 Å². The van der Waals surface area contributed by atoms with E-state index in [-0.39, 0.29) is 0 Å². The largest absolute Gasteiger partial charge is 0.481 e. The van der Waals surface area contributed by atoms with Gasteiger partial charge in [0.25, 0.3) is 0 Å². The van der Waals surface area contributed by atoms with Crippen molar-refractivity contribution >= 4 is 5.97 Å². The molecule has 0 saturated heterocycles. The number of carboxylic acid groups (broad SMARTS) is 1. The number of halogens is 4. The van der Waals surface area contributed by atoms with Crippen molar-refractivity contribution in [2.24, 2.45) is 0 Å². The van der Waals surface area contributed by atoms with E-state index in [1.54, 1.807) is 0 Å². The topological polar surface area (TPSA) is 57.5 Å². The molecule has 0 aliphatic heterocycles. The molecule has 0 heterocycles. The van der Waals surface area contributed by atoms with Crippen LogP contribution in [-0.2, 0) is 4.79 Å². The zero-order valence-electron chi connectivity index (χ0n) is 5.68. The van der Waals surface area contributed by atoms with Gasteiger partial charge in [0.1, 0.15) is 6.10 Å². The van der Waals surface area contributed by atoms with Crippen molar-refractivity contribution in [3.05, 3.63) is 0 Å². The van der Waals surface area contributed by atoms with Crippen molar-refractivity contribution in [3.63, 3.8) is 0 Å². The Bertz CT molecular complexity index is 170. The lowest BCUT2D eigenvalue weighted by molar-refractivity contribution is -0.196. The van der Waals surface area contributed by atoms with Crippen LogP contribution in [0.25, 0.3) is 0 Å². The molecule has 1 atom stereocenters. The lowest BCUT2D eigenvalue weighted by atomic mass is 10.1. The molecule has 0 aromatic carbocycles. The Morgan fingerprint density at radius 2 is 1.83 bits per heavy atom. The summed E-state index contributed by atoms with van der Waals surface area (Å²) in [5.41, 5.74) is 0. The normalized spacial score (nSPS) is 14.8. The second kappa shape index (κ2) is 3.70. The third-order valence-corrected chi connectivity index (χ3v) is 1.10. The minimum Gasteiger partial charge on any atom is -0.481 e. The number of hydrogen-bond acceptors (Lipinski definition) is 2. The predicted octanol–water partition coefficient (Wildman–Crippen LogP) is 0.722. The molecule has 12 heavy (non-hydrogen) atoms. The molecule has 0 aromatic heterocycles. The highest BCUT2D eigenvalue weighted by Crippen LogP contribution is 2.28. The van der Waals surface area contributed by atoms with E-state index in [9.17, 15) is 22.4 Å². The van der Waals surface area contributed by atoms with Crippen LogP contribution in [0.2, 0.25) is 0 Å². The molecule has 0 saturated carbocycles. The van der Waals surface area contributed by atoms with Crippen LogP contribution >= 0.6 is 0 Å². The van der Waals surface area contributed by atoms with Crippen molar-refractivity contribution in [3.8, 4) is 0 Å². The summed E-state index contributed by atoms with van der Waals surface area (Å²) in [6, 6.07) is 0. The number of alkyl halides is 4. The quantitative estimate of drug-likeness (QED) is 0.642. The van der Waals surface area contributed by atoms with Gasteiger partial charge in [0.05, 0.1) is 6.42 Å². The van der Waals surface area contributed by atoms with Crippen LogP contribution in [-0.4, -0.2) is 34.6 Å². The molecule has 0 amide bonds. The highest BCUT2D eigenvalue weighted by atomic mass is 19.3. The number of aliphatic hydroxyl groups is 1. The van der Waals surface area contributed by atoms with Crippen molar-refractivity contribution in [2.75, 3.05) is 0 Å². The molecule has 3 nitrogen and oxygen atoms in total. The first-order valence-electron chi connectivity index (χ1n) is 2.84. The van der Waals surface area contributed by atoms with E-state index in [1.807, 2.05) is 0 Å². The van der Waals surface area contributed by atoms with Gasteiger partial charge in [-0.3, -0.25) is 4.79 Å². The van der Waals surface area contributed by atoms with Gasteiger partial charge in [-0.1, -0.05) is 0 Å². The number of carbonyl (C=O) groups is 1. The van der Waals surface area contributed by atoms with E-state index in [4.69, 9.17) is 10.2 Å². The maximum absolute atomic E-state index is 12.0. The Hall–Kier alpha value is -0.850. The van der Waals surface area contributed by atoms with Gasteiger partial charge in [0.2, 0.25) is 0 Å². The second-order valence-electron chi connectivity index (χ2n) is 2.09. The molecule has 0 fully saturated rings. The zero-order valence-corrected chi connectivity index (χ0v) is 5.68. The van der Waals surface area contributed by atoms with E-state index in [0.29, 0.717) is 0 Å². The summed E-state index contributed by atoms with van der Waals surface area (Å²) in [4.78, 5) is 9.74. The number of aliphatic hydroxyl groups excluding tert-OH is 1. The first kappa shape index (κ1) is 11.2. The van der Waals surface area contributed by atoms with Gasteiger partial charge < -0.3 is 10.2 Å². The third-order valence-electron chi connectivity index (χ3n) is 1.10. The van der Waals surface area contributed by atoms with Gasteiger partial charge in [-0.2, -0.15) is 8.78 Å². The van der Waals surface area contributed by atoms with Crippen molar-refractivity contribution in [1.29, 1.82) is 0 Å². The standard InChI is InChI=1S/C5H6F4O3/c6-4(7)5(8,9)2(10)1-3(11)12/h2,4,10H,1H2,(H,11,12)/t2-/m0/s1. The van der Waals surface area contributed by atoms with Gasteiger partial charge >= 0.3 is 18.3 Å². The summed E-state index contributed by atoms with van der Waals surface area (Å²) in [5, 5.41) is 16.2. The lowest BCUT2D eigenvalue weighted by Gasteiger charge is -2.19. The van der Waals surface area contributed by atoms with Crippen molar-refractivity contribution < 1.29 is 32.6 Å². The molecular weight excluding hydrogens is 184 g/mol. The highest BCUT2D eigenvalue weighted by Gasteiger charge is 2.48. The van der Waals surface area contributed by atoms with Crippen LogP contribution in [0.3, 0.4) is 0 Å². The Kier molecular flexibility index (Phi) is 3.44. The smallest absolute Gasteiger partial charge is 0.333 e. The molecule has 0 radical (unpaired) electrons. The number of rotatable bonds is 4. The SMILES string of the molecule is O=C(O)C[C@H](O)C(F)(F)C(F)F. The summed E-state index contributed by atoms with van der Waals surface area (Å²) >= 11 is 0. The molecule has 0 unspecified atom stereocenters. The molecule has 72 valence electrons. The maximum atomic E-state index is 12.0. The van der Waals surface area contributed by atoms with Gasteiger partial charge in [0.15, 0.2) is 0 Å². The monoisotopic (exact) mass is 190 g/mol. The van der Waals surface area contributed by atoms with Gasteiger partial charge in [-0.05, 0) is 0 Å².